The molecular weight excluding hydrogens is 238 g/mol. The Labute approximate surface area is 107 Å². The van der Waals surface area contributed by atoms with E-state index in [0.29, 0.717) is 26.1 Å². The molecule has 0 aromatic carbocycles. The zero-order valence-corrected chi connectivity index (χ0v) is 11.0. The van der Waals surface area contributed by atoms with E-state index in [2.05, 4.69) is 5.32 Å². The zero-order valence-electron chi connectivity index (χ0n) is 11.0. The maximum atomic E-state index is 11.8. The third-order valence-electron chi connectivity index (χ3n) is 2.43. The molecule has 106 valence electrons. The van der Waals surface area contributed by atoms with Crippen molar-refractivity contribution in [1.82, 2.24) is 5.32 Å². The van der Waals surface area contributed by atoms with E-state index in [-0.39, 0.29) is 12.2 Å². The summed E-state index contributed by atoms with van der Waals surface area (Å²) in [5.74, 6) is -0.603. The minimum absolute atomic E-state index is 0.197. The lowest BCUT2D eigenvalue weighted by atomic mass is 10.0. The second-order valence-corrected chi connectivity index (χ2v) is 3.75. The van der Waals surface area contributed by atoms with Crippen LogP contribution in [0.1, 0.15) is 12.8 Å². The summed E-state index contributed by atoms with van der Waals surface area (Å²) in [6.07, 6.45) is -1.07. The highest BCUT2D eigenvalue weighted by Crippen LogP contribution is 2.08. The fraction of sp³-hybridized carbons (Fsp3) is 0.818. The second-order valence-electron chi connectivity index (χ2n) is 3.75. The highest BCUT2D eigenvalue weighted by molar-refractivity contribution is 5.92. The molecular formula is C11H23N3O4. The normalized spacial score (nSPS) is 14.0. The van der Waals surface area contributed by atoms with E-state index in [0.717, 1.165) is 0 Å². The van der Waals surface area contributed by atoms with E-state index in [1.807, 2.05) is 0 Å². The lowest BCUT2D eigenvalue weighted by molar-refractivity contribution is -0.150. The van der Waals surface area contributed by atoms with Crippen molar-refractivity contribution in [2.75, 3.05) is 33.9 Å². The molecule has 7 heteroatoms. The van der Waals surface area contributed by atoms with Crippen LogP contribution >= 0.6 is 0 Å². The first-order valence-corrected chi connectivity index (χ1v) is 5.88. The summed E-state index contributed by atoms with van der Waals surface area (Å²) in [7, 11) is 2.72. The standard InChI is InChI=1S/C11H23N3O4/c1-17-9(8(15)4-3-5-12)10(18-2)11(16)14-7-6-13/h9-10H,3-7,12-13H2,1-2H3,(H,14,16)/t9-,10+/m0/s1. The van der Waals surface area contributed by atoms with E-state index in [4.69, 9.17) is 20.9 Å². The molecule has 0 aliphatic carbocycles. The molecule has 0 aliphatic heterocycles. The van der Waals surface area contributed by atoms with Gasteiger partial charge in [0.2, 0.25) is 0 Å². The topological polar surface area (TPSA) is 117 Å². The molecule has 7 nitrogen and oxygen atoms in total. The highest BCUT2D eigenvalue weighted by atomic mass is 16.5. The van der Waals surface area contributed by atoms with E-state index in [1.165, 1.54) is 14.2 Å². The number of rotatable bonds is 10. The predicted octanol–water partition coefficient (Wildman–Crippen LogP) is -1.60. The number of amides is 1. The summed E-state index contributed by atoms with van der Waals surface area (Å²) in [4.78, 5) is 23.6. The number of Topliss-reactive ketones (excluding diaryl/α,β-unsaturated/α-hetero) is 1. The Morgan fingerprint density at radius 3 is 2.17 bits per heavy atom. The van der Waals surface area contributed by atoms with Crippen molar-refractivity contribution >= 4 is 11.7 Å². The molecule has 0 spiro atoms. The summed E-state index contributed by atoms with van der Waals surface area (Å²) >= 11 is 0. The molecule has 0 fully saturated rings. The van der Waals surface area contributed by atoms with Crippen molar-refractivity contribution < 1.29 is 19.1 Å². The summed E-state index contributed by atoms with van der Waals surface area (Å²) in [6, 6.07) is 0. The fourth-order valence-corrected chi connectivity index (χ4v) is 1.51. The van der Waals surface area contributed by atoms with Gasteiger partial charge in [-0.1, -0.05) is 0 Å². The average molecular weight is 261 g/mol. The Hall–Kier alpha value is -1.02. The molecule has 0 aliphatic rings. The number of hydrogen-bond acceptors (Lipinski definition) is 6. The van der Waals surface area contributed by atoms with Crippen molar-refractivity contribution in [3.05, 3.63) is 0 Å². The van der Waals surface area contributed by atoms with Gasteiger partial charge < -0.3 is 26.3 Å². The average Bonchev–Trinajstić information content (AvgIpc) is 2.39. The molecule has 0 saturated heterocycles. The van der Waals surface area contributed by atoms with E-state index < -0.39 is 18.1 Å². The van der Waals surface area contributed by atoms with Crippen LogP contribution in [0, 0.1) is 0 Å². The fourth-order valence-electron chi connectivity index (χ4n) is 1.51. The van der Waals surface area contributed by atoms with Crippen molar-refractivity contribution in [3.63, 3.8) is 0 Å². The Bertz CT molecular complexity index is 235. The minimum atomic E-state index is -0.966. The van der Waals surface area contributed by atoms with Crippen LogP contribution in [0.25, 0.3) is 0 Å². The highest BCUT2D eigenvalue weighted by Gasteiger charge is 2.33. The number of hydrogen-bond donors (Lipinski definition) is 3. The second kappa shape index (κ2) is 9.95. The summed E-state index contributed by atoms with van der Waals surface area (Å²) < 4.78 is 10.1. The first-order chi connectivity index (χ1) is 8.62. The van der Waals surface area contributed by atoms with E-state index in [1.54, 1.807) is 0 Å². The molecule has 1 amide bonds. The molecule has 0 aromatic rings. The van der Waals surface area contributed by atoms with Crippen LogP contribution in [0.3, 0.4) is 0 Å². The van der Waals surface area contributed by atoms with Crippen molar-refractivity contribution in [1.29, 1.82) is 0 Å². The van der Waals surface area contributed by atoms with Gasteiger partial charge in [-0.25, -0.2) is 0 Å². The van der Waals surface area contributed by atoms with Gasteiger partial charge in [-0.2, -0.15) is 0 Å². The number of carbonyl (C=O) groups excluding carboxylic acids is 2. The quantitative estimate of drug-likeness (QED) is 0.436. The summed E-state index contributed by atoms with van der Waals surface area (Å²) in [6.45, 7) is 1.06. The maximum absolute atomic E-state index is 11.8. The van der Waals surface area contributed by atoms with Gasteiger partial charge in [-0.15, -0.1) is 0 Å². The minimum Gasteiger partial charge on any atom is -0.370 e. The Kier molecular flexibility index (Phi) is 9.39. The van der Waals surface area contributed by atoms with Gasteiger partial charge in [0, 0.05) is 33.7 Å². The maximum Gasteiger partial charge on any atom is 0.252 e. The first-order valence-electron chi connectivity index (χ1n) is 5.88. The van der Waals surface area contributed by atoms with Gasteiger partial charge in [0.1, 0.15) is 0 Å². The molecule has 0 heterocycles. The van der Waals surface area contributed by atoms with Crippen molar-refractivity contribution in [2.24, 2.45) is 11.5 Å². The van der Waals surface area contributed by atoms with Crippen molar-refractivity contribution in [2.45, 2.75) is 25.0 Å². The van der Waals surface area contributed by atoms with Crippen molar-refractivity contribution in [3.8, 4) is 0 Å². The Morgan fingerprint density at radius 2 is 1.72 bits per heavy atom. The van der Waals surface area contributed by atoms with Crippen LogP contribution in [-0.4, -0.2) is 57.8 Å². The monoisotopic (exact) mass is 261 g/mol. The molecule has 0 radical (unpaired) electrons. The third-order valence-corrected chi connectivity index (χ3v) is 2.43. The molecule has 5 N–H and O–H groups in total. The van der Waals surface area contributed by atoms with Crippen LogP contribution in [0.5, 0.6) is 0 Å². The van der Waals surface area contributed by atoms with Crippen LogP contribution in [0.4, 0.5) is 0 Å². The van der Waals surface area contributed by atoms with E-state index >= 15 is 0 Å². The van der Waals surface area contributed by atoms with Gasteiger partial charge in [0.25, 0.3) is 5.91 Å². The summed E-state index contributed by atoms with van der Waals surface area (Å²) in [5, 5.41) is 2.56. The first kappa shape index (κ1) is 17.0. The number of ketones is 1. The van der Waals surface area contributed by atoms with Gasteiger partial charge in [0.05, 0.1) is 0 Å². The third kappa shape index (κ3) is 5.54. The molecule has 2 atom stereocenters. The molecule has 18 heavy (non-hydrogen) atoms. The molecule has 0 rings (SSSR count). The van der Waals surface area contributed by atoms with Crippen LogP contribution in [0.2, 0.25) is 0 Å². The molecule has 0 bridgehead atoms. The number of ether oxygens (including phenoxy) is 2. The molecule has 0 aromatic heterocycles. The number of carbonyl (C=O) groups is 2. The summed E-state index contributed by atoms with van der Waals surface area (Å²) in [5.41, 5.74) is 10.6. The Morgan fingerprint density at radius 1 is 1.11 bits per heavy atom. The van der Waals surface area contributed by atoms with Gasteiger partial charge >= 0.3 is 0 Å². The van der Waals surface area contributed by atoms with Gasteiger partial charge in [0.15, 0.2) is 18.0 Å². The molecule has 0 unspecified atom stereocenters. The molecule has 0 saturated carbocycles. The van der Waals surface area contributed by atoms with Gasteiger partial charge in [-0.05, 0) is 13.0 Å². The lowest BCUT2D eigenvalue weighted by Gasteiger charge is -2.22. The lowest BCUT2D eigenvalue weighted by Crippen LogP contribution is -2.48. The van der Waals surface area contributed by atoms with E-state index in [9.17, 15) is 9.59 Å². The number of nitrogens with one attached hydrogen (secondary N) is 1. The van der Waals surface area contributed by atoms with Gasteiger partial charge in [-0.3, -0.25) is 9.59 Å². The van der Waals surface area contributed by atoms with Crippen LogP contribution in [-0.2, 0) is 19.1 Å². The SMILES string of the molecule is CO[C@@H](C(=O)CCCN)[C@@H](OC)C(=O)NCCN. The number of methoxy groups -OCH3 is 2. The smallest absolute Gasteiger partial charge is 0.252 e. The predicted molar refractivity (Wildman–Crippen MR) is 67.0 cm³/mol. The zero-order chi connectivity index (χ0) is 14.0. The largest absolute Gasteiger partial charge is 0.370 e. The number of nitrogens with two attached hydrogens (primary N) is 2. The Balaban J connectivity index is 4.55. The van der Waals surface area contributed by atoms with Crippen LogP contribution < -0.4 is 16.8 Å². The van der Waals surface area contributed by atoms with Crippen LogP contribution in [0.15, 0.2) is 0 Å².